The van der Waals surface area contributed by atoms with Crippen LogP contribution in [-0.4, -0.2) is 42.3 Å². The van der Waals surface area contributed by atoms with Gasteiger partial charge in [-0.2, -0.15) is 0 Å². The maximum atomic E-state index is 12.9. The van der Waals surface area contributed by atoms with Crippen molar-refractivity contribution in [2.75, 3.05) is 24.3 Å². The molecule has 1 saturated heterocycles. The molecule has 0 radical (unpaired) electrons. The van der Waals surface area contributed by atoms with E-state index in [1.165, 1.54) is 7.11 Å². The van der Waals surface area contributed by atoms with Crippen molar-refractivity contribution in [1.29, 1.82) is 0 Å². The molecule has 2 aromatic rings. The third kappa shape index (κ3) is 3.12. The zero-order chi connectivity index (χ0) is 19.0. The second kappa shape index (κ2) is 6.75. The molecular formula is C20H19N3O4. The number of methoxy groups -OCH3 is 1. The highest BCUT2D eigenvalue weighted by molar-refractivity contribution is 6.11. The van der Waals surface area contributed by atoms with Gasteiger partial charge in [0, 0.05) is 17.8 Å². The van der Waals surface area contributed by atoms with E-state index in [9.17, 15) is 14.4 Å². The van der Waals surface area contributed by atoms with E-state index in [1.807, 2.05) is 0 Å². The van der Waals surface area contributed by atoms with Crippen molar-refractivity contribution in [3.8, 4) is 5.75 Å². The number of nitrogens with zero attached hydrogens (tertiary/aromatic N) is 1. The van der Waals surface area contributed by atoms with Gasteiger partial charge in [-0.05, 0) is 49.2 Å². The highest BCUT2D eigenvalue weighted by atomic mass is 16.5. The summed E-state index contributed by atoms with van der Waals surface area (Å²) in [6, 6.07) is 11.3. The Morgan fingerprint density at radius 3 is 2.89 bits per heavy atom. The maximum absolute atomic E-state index is 12.9. The van der Waals surface area contributed by atoms with Gasteiger partial charge in [0.1, 0.15) is 11.8 Å². The lowest BCUT2D eigenvalue weighted by Crippen LogP contribution is -2.40. The SMILES string of the molecule is COc1cccc(C(=O)Nc2ccc3c(c2)C(=O)N2CCCC2C(=O)N3)c1. The van der Waals surface area contributed by atoms with Gasteiger partial charge in [-0.15, -0.1) is 0 Å². The Morgan fingerprint density at radius 2 is 2.07 bits per heavy atom. The normalized spacial score (nSPS) is 18.3. The summed E-state index contributed by atoms with van der Waals surface area (Å²) in [5, 5.41) is 5.61. The van der Waals surface area contributed by atoms with E-state index >= 15 is 0 Å². The average Bonchev–Trinajstić information content (AvgIpc) is 3.15. The van der Waals surface area contributed by atoms with E-state index in [-0.39, 0.29) is 17.7 Å². The van der Waals surface area contributed by atoms with Crippen LogP contribution in [0.5, 0.6) is 5.75 Å². The Hall–Kier alpha value is -3.35. The number of amides is 3. The zero-order valence-electron chi connectivity index (χ0n) is 14.8. The second-order valence-corrected chi connectivity index (χ2v) is 6.59. The molecule has 7 nitrogen and oxygen atoms in total. The number of hydrogen-bond donors (Lipinski definition) is 2. The Balaban J connectivity index is 1.61. The molecule has 1 fully saturated rings. The number of carbonyl (C=O) groups excluding carboxylic acids is 3. The number of rotatable bonds is 3. The Morgan fingerprint density at radius 1 is 1.22 bits per heavy atom. The van der Waals surface area contributed by atoms with Gasteiger partial charge in [0.25, 0.3) is 11.8 Å². The van der Waals surface area contributed by atoms with E-state index in [1.54, 1.807) is 47.4 Å². The molecule has 1 unspecified atom stereocenters. The molecule has 2 heterocycles. The van der Waals surface area contributed by atoms with E-state index in [4.69, 9.17) is 4.74 Å². The lowest BCUT2D eigenvalue weighted by molar-refractivity contribution is -0.119. The number of carbonyl (C=O) groups is 3. The summed E-state index contributed by atoms with van der Waals surface area (Å²) in [5.74, 6) is -0.0726. The van der Waals surface area contributed by atoms with Crippen LogP contribution in [0.25, 0.3) is 0 Å². The molecule has 0 bridgehead atoms. The number of fused-ring (bicyclic) bond motifs is 2. The maximum Gasteiger partial charge on any atom is 0.256 e. The molecule has 7 heteroatoms. The molecule has 2 N–H and O–H groups in total. The minimum atomic E-state index is -0.417. The summed E-state index contributed by atoms with van der Waals surface area (Å²) in [6.45, 7) is 0.566. The van der Waals surface area contributed by atoms with Crippen LogP contribution in [0, 0.1) is 0 Å². The largest absolute Gasteiger partial charge is 0.497 e. The fourth-order valence-electron chi connectivity index (χ4n) is 3.53. The smallest absolute Gasteiger partial charge is 0.256 e. The van der Waals surface area contributed by atoms with Crippen LogP contribution in [0.15, 0.2) is 42.5 Å². The van der Waals surface area contributed by atoms with Crippen LogP contribution in [0.4, 0.5) is 11.4 Å². The Kier molecular flexibility index (Phi) is 4.27. The molecule has 2 aliphatic heterocycles. The third-order valence-corrected chi connectivity index (χ3v) is 4.91. The molecular weight excluding hydrogens is 346 g/mol. The molecule has 3 amide bonds. The van der Waals surface area contributed by atoms with Crippen molar-refractivity contribution >= 4 is 29.1 Å². The molecule has 0 spiro atoms. The molecule has 0 saturated carbocycles. The van der Waals surface area contributed by atoms with E-state index in [2.05, 4.69) is 10.6 Å². The average molecular weight is 365 g/mol. The van der Waals surface area contributed by atoms with Crippen LogP contribution in [0.3, 0.4) is 0 Å². The monoisotopic (exact) mass is 365 g/mol. The van der Waals surface area contributed by atoms with E-state index < -0.39 is 6.04 Å². The third-order valence-electron chi connectivity index (χ3n) is 4.91. The molecule has 138 valence electrons. The highest BCUT2D eigenvalue weighted by Crippen LogP contribution is 2.30. The number of benzene rings is 2. The molecule has 2 aromatic carbocycles. The van der Waals surface area contributed by atoms with Crippen LogP contribution in [0.2, 0.25) is 0 Å². The van der Waals surface area contributed by atoms with Crippen LogP contribution in [-0.2, 0) is 4.79 Å². The van der Waals surface area contributed by atoms with Crippen molar-refractivity contribution in [3.05, 3.63) is 53.6 Å². The predicted molar refractivity (Wildman–Crippen MR) is 100 cm³/mol. The first-order valence-corrected chi connectivity index (χ1v) is 8.78. The molecule has 1 atom stereocenters. The number of anilines is 2. The van der Waals surface area contributed by atoms with Gasteiger partial charge in [-0.1, -0.05) is 6.07 Å². The summed E-state index contributed by atoms with van der Waals surface area (Å²) in [5.41, 5.74) is 1.79. The van der Waals surface area contributed by atoms with Crippen molar-refractivity contribution in [2.45, 2.75) is 18.9 Å². The minimum absolute atomic E-state index is 0.159. The van der Waals surface area contributed by atoms with Crippen molar-refractivity contribution in [3.63, 3.8) is 0 Å². The fraction of sp³-hybridized carbons (Fsp3) is 0.250. The lowest BCUT2D eigenvalue weighted by Gasteiger charge is -2.20. The zero-order valence-corrected chi connectivity index (χ0v) is 14.8. The number of ether oxygens (including phenoxy) is 1. The Bertz CT molecular complexity index is 941. The first-order valence-electron chi connectivity index (χ1n) is 8.78. The number of nitrogens with one attached hydrogen (secondary N) is 2. The molecule has 4 rings (SSSR count). The van der Waals surface area contributed by atoms with Gasteiger partial charge in [0.2, 0.25) is 5.91 Å². The quantitative estimate of drug-likeness (QED) is 0.875. The van der Waals surface area contributed by atoms with Gasteiger partial charge < -0.3 is 20.3 Å². The van der Waals surface area contributed by atoms with Crippen molar-refractivity contribution in [1.82, 2.24) is 4.90 Å². The number of hydrogen-bond acceptors (Lipinski definition) is 4. The predicted octanol–water partition coefficient (Wildman–Crippen LogP) is 2.50. The van der Waals surface area contributed by atoms with Crippen LogP contribution >= 0.6 is 0 Å². The van der Waals surface area contributed by atoms with Gasteiger partial charge in [-0.3, -0.25) is 14.4 Å². The van der Waals surface area contributed by atoms with E-state index in [0.717, 1.165) is 6.42 Å². The van der Waals surface area contributed by atoms with Gasteiger partial charge >= 0.3 is 0 Å². The van der Waals surface area contributed by atoms with Gasteiger partial charge in [0.15, 0.2) is 0 Å². The molecule has 2 aliphatic rings. The Labute approximate surface area is 156 Å². The summed E-state index contributed by atoms with van der Waals surface area (Å²) >= 11 is 0. The topological polar surface area (TPSA) is 87.7 Å². The summed E-state index contributed by atoms with van der Waals surface area (Å²) in [7, 11) is 1.54. The summed E-state index contributed by atoms with van der Waals surface area (Å²) < 4.78 is 5.14. The first-order chi connectivity index (χ1) is 13.1. The van der Waals surface area contributed by atoms with E-state index in [0.29, 0.717) is 41.2 Å². The molecule has 0 aliphatic carbocycles. The lowest BCUT2D eigenvalue weighted by atomic mass is 10.1. The van der Waals surface area contributed by atoms with Crippen molar-refractivity contribution < 1.29 is 19.1 Å². The molecule has 0 aromatic heterocycles. The summed E-state index contributed by atoms with van der Waals surface area (Å²) in [6.07, 6.45) is 1.48. The van der Waals surface area contributed by atoms with Crippen LogP contribution in [0.1, 0.15) is 33.6 Å². The first kappa shape index (κ1) is 17.1. The van der Waals surface area contributed by atoms with Gasteiger partial charge in [0.05, 0.1) is 18.4 Å². The standard InChI is InChI=1S/C20H19N3O4/c1-27-14-5-2-4-12(10-14)18(24)21-13-7-8-16-15(11-13)20(26)23-9-3-6-17(23)19(25)22-16/h2,4-5,7-8,10-11,17H,3,6,9H2,1H3,(H,21,24)(H,22,25). The van der Waals surface area contributed by atoms with Gasteiger partial charge in [-0.25, -0.2) is 0 Å². The van der Waals surface area contributed by atoms with Crippen LogP contribution < -0.4 is 15.4 Å². The minimum Gasteiger partial charge on any atom is -0.497 e. The second-order valence-electron chi connectivity index (χ2n) is 6.59. The highest BCUT2D eigenvalue weighted by Gasteiger charge is 2.38. The summed E-state index contributed by atoms with van der Waals surface area (Å²) in [4.78, 5) is 39.3. The molecule has 27 heavy (non-hydrogen) atoms. The fourth-order valence-corrected chi connectivity index (χ4v) is 3.53. The van der Waals surface area contributed by atoms with Crippen molar-refractivity contribution in [2.24, 2.45) is 0 Å².